The smallest absolute Gasteiger partial charge is 0.288 e. The largest absolute Gasteiger partial charge is 0.459 e. The van der Waals surface area contributed by atoms with Crippen LogP contribution in [-0.2, 0) is 20.7 Å². The number of piperidine rings is 2. The number of carbonyl (C=O) groups is 1. The van der Waals surface area contributed by atoms with Crippen molar-refractivity contribution in [3.05, 3.63) is 71.0 Å². The summed E-state index contributed by atoms with van der Waals surface area (Å²) < 4.78 is 12.6. The van der Waals surface area contributed by atoms with E-state index in [9.17, 15) is 9.90 Å². The minimum absolute atomic E-state index is 0.0109. The summed E-state index contributed by atoms with van der Waals surface area (Å²) in [7, 11) is 0. The molecular weight excluding hydrogens is 500 g/mol. The van der Waals surface area contributed by atoms with E-state index in [0.29, 0.717) is 24.8 Å². The number of rotatable bonds is 8. The van der Waals surface area contributed by atoms with E-state index in [0.717, 1.165) is 38.8 Å². The van der Waals surface area contributed by atoms with Gasteiger partial charge in [-0.2, -0.15) is 0 Å². The van der Waals surface area contributed by atoms with Crippen LogP contribution in [0.1, 0.15) is 74.5 Å². The van der Waals surface area contributed by atoms with Gasteiger partial charge in [0.2, 0.25) is 6.29 Å². The Morgan fingerprint density at radius 1 is 1.00 bits per heavy atom. The molecule has 1 amide bonds. The second kappa shape index (κ2) is 12.5. The number of nitrogens with zero attached hydrogens (tertiary/aromatic N) is 2. The number of hydrogen-bond donors (Lipinski definition) is 1. The molecule has 0 spiro atoms. The van der Waals surface area contributed by atoms with Gasteiger partial charge in [0, 0.05) is 44.2 Å². The van der Waals surface area contributed by atoms with Gasteiger partial charge in [-0.1, -0.05) is 48.9 Å². The van der Waals surface area contributed by atoms with Crippen molar-refractivity contribution in [3.63, 3.8) is 0 Å². The van der Waals surface area contributed by atoms with Gasteiger partial charge in [-0.15, -0.1) is 0 Å². The minimum atomic E-state index is -0.518. The molecule has 2 saturated heterocycles. The summed E-state index contributed by atoms with van der Waals surface area (Å²) in [6.07, 6.45) is 9.89. The highest BCUT2D eigenvalue weighted by Gasteiger charge is 2.41. The van der Waals surface area contributed by atoms with E-state index in [-0.39, 0.29) is 24.3 Å². The fourth-order valence-corrected chi connectivity index (χ4v) is 7.48. The maximum atomic E-state index is 13.9. The number of allylic oxidation sites excluding steroid dienone is 1. The van der Waals surface area contributed by atoms with E-state index in [1.165, 1.54) is 60.2 Å². The molecule has 3 aliphatic heterocycles. The molecular formula is C34H44N2O4. The van der Waals surface area contributed by atoms with E-state index >= 15 is 0 Å². The van der Waals surface area contributed by atoms with Gasteiger partial charge < -0.3 is 24.4 Å². The molecule has 214 valence electrons. The number of hydrogen-bond acceptors (Lipinski definition) is 5. The molecule has 0 saturated carbocycles. The second-order valence-corrected chi connectivity index (χ2v) is 11.9. The van der Waals surface area contributed by atoms with Gasteiger partial charge >= 0.3 is 0 Å². The number of fused-ring (bicyclic) bond motifs is 3. The zero-order chi connectivity index (χ0) is 27.5. The molecule has 40 heavy (non-hydrogen) atoms. The van der Waals surface area contributed by atoms with E-state index < -0.39 is 6.29 Å². The molecule has 3 unspecified atom stereocenters. The van der Waals surface area contributed by atoms with Crippen LogP contribution in [0.2, 0.25) is 0 Å². The second-order valence-electron chi connectivity index (χ2n) is 11.9. The van der Waals surface area contributed by atoms with Gasteiger partial charge in [-0.3, -0.25) is 4.79 Å². The minimum Gasteiger partial charge on any atom is -0.459 e. The SMILES string of the molecule is CCOC1OC(C(=O)N2CCC(N3CCCCC3)CC2)=CC(c2cccc3c2Cc2ccccc2-3)C1CCCO. The monoisotopic (exact) mass is 544 g/mol. The zero-order valence-electron chi connectivity index (χ0n) is 23.9. The van der Waals surface area contributed by atoms with Crippen LogP contribution in [0.3, 0.4) is 0 Å². The van der Waals surface area contributed by atoms with Gasteiger partial charge in [0.05, 0.1) is 0 Å². The molecule has 6 heteroatoms. The first-order valence-electron chi connectivity index (χ1n) is 15.5. The Labute approximate surface area is 239 Å². The summed E-state index contributed by atoms with van der Waals surface area (Å²) in [6.45, 7) is 6.55. The van der Waals surface area contributed by atoms with Crippen molar-refractivity contribution >= 4 is 5.91 Å². The molecule has 0 bridgehead atoms. The lowest BCUT2D eigenvalue weighted by Gasteiger charge is -2.42. The Morgan fingerprint density at radius 2 is 1.77 bits per heavy atom. The molecule has 2 aromatic carbocycles. The molecule has 6 nitrogen and oxygen atoms in total. The number of benzene rings is 2. The van der Waals surface area contributed by atoms with Crippen molar-refractivity contribution in [2.45, 2.75) is 76.5 Å². The maximum absolute atomic E-state index is 13.9. The number of amides is 1. The molecule has 1 N–H and O–H groups in total. The summed E-state index contributed by atoms with van der Waals surface area (Å²) in [5.74, 6) is 0.408. The van der Waals surface area contributed by atoms with E-state index in [2.05, 4.69) is 53.4 Å². The highest BCUT2D eigenvalue weighted by atomic mass is 16.7. The van der Waals surface area contributed by atoms with Crippen LogP contribution in [0, 0.1) is 5.92 Å². The molecule has 3 heterocycles. The lowest BCUT2D eigenvalue weighted by molar-refractivity contribution is -0.171. The number of aliphatic hydroxyl groups excluding tert-OH is 1. The molecule has 2 aromatic rings. The van der Waals surface area contributed by atoms with Crippen molar-refractivity contribution in [3.8, 4) is 11.1 Å². The van der Waals surface area contributed by atoms with Gasteiger partial charge in [0.1, 0.15) is 0 Å². The van der Waals surface area contributed by atoms with Crippen LogP contribution in [0.4, 0.5) is 0 Å². The number of aliphatic hydroxyl groups is 1. The van der Waals surface area contributed by atoms with Crippen molar-refractivity contribution in [1.29, 1.82) is 0 Å². The van der Waals surface area contributed by atoms with Crippen LogP contribution in [-0.4, -0.2) is 72.5 Å². The summed E-state index contributed by atoms with van der Waals surface area (Å²) in [6, 6.07) is 15.8. The Balaban J connectivity index is 1.28. The van der Waals surface area contributed by atoms with Crippen molar-refractivity contribution in [1.82, 2.24) is 9.80 Å². The lowest BCUT2D eigenvalue weighted by Crippen LogP contribution is -2.49. The van der Waals surface area contributed by atoms with Crippen molar-refractivity contribution < 1.29 is 19.4 Å². The Hall–Kier alpha value is -2.67. The molecule has 4 aliphatic rings. The lowest BCUT2D eigenvalue weighted by atomic mass is 9.78. The topological polar surface area (TPSA) is 62.2 Å². The number of ether oxygens (including phenoxy) is 2. The number of likely N-dealkylation sites (tertiary alicyclic amines) is 2. The van der Waals surface area contributed by atoms with E-state index in [1.54, 1.807) is 0 Å². The van der Waals surface area contributed by atoms with Crippen molar-refractivity contribution in [2.75, 3.05) is 39.4 Å². The first kappa shape index (κ1) is 27.5. The average molecular weight is 545 g/mol. The number of carbonyl (C=O) groups excluding carboxylic acids is 1. The average Bonchev–Trinajstić information content (AvgIpc) is 3.39. The van der Waals surface area contributed by atoms with Gasteiger partial charge in [0.15, 0.2) is 5.76 Å². The highest BCUT2D eigenvalue weighted by Crippen LogP contribution is 2.46. The standard InChI is InChI=1S/C34H44N2O4/c1-2-39-34-29(14-9-21-37)31(28-13-8-12-27-26-11-5-4-10-24(26)22-30(27)28)23-32(40-34)33(38)36-19-15-25(16-20-36)35-17-6-3-7-18-35/h4-5,8,10-13,23,25,29,31,34,37H,2-3,6-7,9,14-22H2,1H3. The summed E-state index contributed by atoms with van der Waals surface area (Å²) in [5, 5.41) is 9.71. The maximum Gasteiger partial charge on any atom is 0.288 e. The highest BCUT2D eigenvalue weighted by molar-refractivity contribution is 5.92. The van der Waals surface area contributed by atoms with Gasteiger partial charge in [-0.25, -0.2) is 0 Å². The Morgan fingerprint density at radius 3 is 2.55 bits per heavy atom. The molecule has 0 aromatic heterocycles. The first-order valence-corrected chi connectivity index (χ1v) is 15.5. The molecule has 3 atom stereocenters. The molecule has 6 rings (SSSR count). The van der Waals surface area contributed by atoms with Crippen LogP contribution in [0.25, 0.3) is 11.1 Å². The quantitative estimate of drug-likeness (QED) is 0.407. The summed E-state index contributed by atoms with van der Waals surface area (Å²) >= 11 is 0. The molecule has 1 aliphatic carbocycles. The molecule has 2 fully saturated rings. The van der Waals surface area contributed by atoms with Crippen LogP contribution in [0.5, 0.6) is 0 Å². The van der Waals surface area contributed by atoms with E-state index in [1.807, 2.05) is 11.8 Å². The predicted molar refractivity (Wildman–Crippen MR) is 157 cm³/mol. The first-order chi connectivity index (χ1) is 19.7. The Kier molecular flexibility index (Phi) is 8.56. The third kappa shape index (κ3) is 5.46. The third-order valence-corrected chi connectivity index (χ3v) is 9.53. The predicted octanol–water partition coefficient (Wildman–Crippen LogP) is 5.48. The Bertz CT molecular complexity index is 1210. The third-order valence-electron chi connectivity index (χ3n) is 9.53. The van der Waals surface area contributed by atoms with Crippen molar-refractivity contribution in [2.24, 2.45) is 5.92 Å². The summed E-state index contributed by atoms with van der Waals surface area (Å²) in [5.41, 5.74) is 6.53. The van der Waals surface area contributed by atoms with Gasteiger partial charge in [-0.05, 0) is 98.9 Å². The van der Waals surface area contributed by atoms with Crippen LogP contribution < -0.4 is 0 Å². The molecule has 0 radical (unpaired) electrons. The van der Waals surface area contributed by atoms with E-state index in [4.69, 9.17) is 9.47 Å². The summed E-state index contributed by atoms with van der Waals surface area (Å²) in [4.78, 5) is 18.6. The fraction of sp³-hybridized carbons (Fsp3) is 0.559. The van der Waals surface area contributed by atoms with Crippen LogP contribution in [0.15, 0.2) is 54.3 Å². The van der Waals surface area contributed by atoms with Gasteiger partial charge in [0.25, 0.3) is 5.91 Å². The fourth-order valence-electron chi connectivity index (χ4n) is 7.48. The van der Waals surface area contributed by atoms with Crippen LogP contribution >= 0.6 is 0 Å². The normalized spacial score (nSPS) is 25.2. The zero-order valence-corrected chi connectivity index (χ0v) is 23.9.